The Bertz CT molecular complexity index is 1530. The summed E-state index contributed by atoms with van der Waals surface area (Å²) in [6, 6.07) is 9.26. The Labute approximate surface area is 249 Å². The van der Waals surface area contributed by atoms with Crippen LogP contribution in [-0.4, -0.2) is 67.8 Å². The van der Waals surface area contributed by atoms with Crippen LogP contribution in [0.3, 0.4) is 0 Å². The summed E-state index contributed by atoms with van der Waals surface area (Å²) in [5.41, 5.74) is -0.650. The number of carbonyl (C=O) groups excluding carboxylic acids is 2. The first-order valence-corrected chi connectivity index (χ1v) is 15.5. The summed E-state index contributed by atoms with van der Waals surface area (Å²) >= 11 is 0. The number of ether oxygens (including phenoxy) is 2. The first-order valence-electron chi connectivity index (χ1n) is 14.1. The molecule has 12 nitrogen and oxygen atoms in total. The van der Waals surface area contributed by atoms with Crippen LogP contribution in [0.4, 0.5) is 25.4 Å². The van der Waals surface area contributed by atoms with Crippen LogP contribution in [0.1, 0.15) is 51.2 Å². The SMILES string of the molecule is CC(C)(C)OC(=O)N(CC1CCC1)C[C@H]1Cc2c(cc(OCc3ccccc3)c(N3CC(=O)NS3(=O)=O)c2F)N1C(=O)O. The van der Waals surface area contributed by atoms with Crippen molar-refractivity contribution in [2.75, 3.05) is 28.8 Å². The molecule has 1 saturated carbocycles. The molecule has 0 radical (unpaired) electrons. The Morgan fingerprint density at radius 3 is 2.42 bits per heavy atom. The van der Waals surface area contributed by atoms with Gasteiger partial charge >= 0.3 is 22.4 Å². The van der Waals surface area contributed by atoms with E-state index < -0.39 is 58.0 Å². The lowest BCUT2D eigenvalue weighted by Crippen LogP contribution is -2.49. The van der Waals surface area contributed by atoms with Crippen molar-refractivity contribution in [1.82, 2.24) is 9.62 Å². The number of hydrogen-bond donors (Lipinski definition) is 2. The van der Waals surface area contributed by atoms with E-state index >= 15 is 4.39 Å². The zero-order chi connectivity index (χ0) is 31.1. The van der Waals surface area contributed by atoms with Gasteiger partial charge in [0.2, 0.25) is 0 Å². The van der Waals surface area contributed by atoms with E-state index in [2.05, 4.69) is 0 Å². The number of fused-ring (bicyclic) bond motifs is 1. The fourth-order valence-corrected chi connectivity index (χ4v) is 6.66. The van der Waals surface area contributed by atoms with Gasteiger partial charge < -0.3 is 19.5 Å². The largest absolute Gasteiger partial charge is 0.487 e. The predicted molar refractivity (Wildman–Crippen MR) is 155 cm³/mol. The number of anilines is 2. The minimum absolute atomic E-state index is 0.0227. The number of rotatable bonds is 8. The third-order valence-electron chi connectivity index (χ3n) is 7.65. The molecule has 5 rings (SSSR count). The highest BCUT2D eigenvalue weighted by Gasteiger charge is 2.44. The molecule has 2 aliphatic heterocycles. The standard InChI is InChI=1S/C29H35FN4O8S/c1-29(2,3)42-28(38)32(14-18-10-7-11-18)15-20-12-21-22(34(20)27(36)37)13-23(41-17-19-8-5-4-6-9-19)26(25(21)30)33-16-24(35)31-43(33,39)40/h4-6,8-9,13,18,20H,7,10-12,14-17H2,1-3H3,(H,31,35)(H,36,37)/t20-/m1/s1. The number of nitrogens with one attached hydrogen (secondary N) is 1. The zero-order valence-corrected chi connectivity index (χ0v) is 25.0. The molecule has 0 aromatic heterocycles. The molecule has 2 aromatic rings. The molecule has 43 heavy (non-hydrogen) atoms. The van der Waals surface area contributed by atoms with E-state index in [4.69, 9.17) is 9.47 Å². The van der Waals surface area contributed by atoms with Gasteiger partial charge in [-0.2, -0.15) is 8.42 Å². The van der Waals surface area contributed by atoms with Crippen LogP contribution in [0.2, 0.25) is 0 Å². The highest BCUT2D eigenvalue weighted by molar-refractivity contribution is 7.92. The molecule has 1 saturated heterocycles. The van der Waals surface area contributed by atoms with Gasteiger partial charge in [-0.25, -0.2) is 23.0 Å². The quantitative estimate of drug-likeness (QED) is 0.451. The Kier molecular flexibility index (Phi) is 8.16. The van der Waals surface area contributed by atoms with Crippen LogP contribution in [0.15, 0.2) is 36.4 Å². The van der Waals surface area contributed by atoms with Gasteiger partial charge in [0.05, 0.1) is 11.7 Å². The summed E-state index contributed by atoms with van der Waals surface area (Å²) in [7, 11) is -4.42. The molecular formula is C29H35FN4O8S. The fraction of sp³-hybridized carbons (Fsp3) is 0.483. The maximum Gasteiger partial charge on any atom is 0.412 e. The molecule has 3 amide bonds. The monoisotopic (exact) mass is 618 g/mol. The number of nitrogens with zero attached hydrogens (tertiary/aromatic N) is 3. The highest BCUT2D eigenvalue weighted by atomic mass is 32.2. The van der Waals surface area contributed by atoms with Crippen LogP contribution in [0.25, 0.3) is 0 Å². The summed E-state index contributed by atoms with van der Waals surface area (Å²) in [5, 5.41) is 10.3. The van der Waals surface area contributed by atoms with Crippen molar-refractivity contribution in [2.24, 2.45) is 5.92 Å². The Balaban J connectivity index is 1.53. The number of hydrogen-bond acceptors (Lipinski definition) is 7. The van der Waals surface area contributed by atoms with Gasteiger partial charge in [-0.1, -0.05) is 36.8 Å². The molecule has 2 fully saturated rings. The predicted octanol–water partition coefficient (Wildman–Crippen LogP) is 4.03. The minimum Gasteiger partial charge on any atom is -0.487 e. The number of carboxylic acid groups (broad SMARTS) is 1. The van der Waals surface area contributed by atoms with Gasteiger partial charge in [-0.3, -0.25) is 9.69 Å². The van der Waals surface area contributed by atoms with Crippen molar-refractivity contribution >= 4 is 39.7 Å². The lowest BCUT2D eigenvalue weighted by atomic mass is 9.85. The maximum atomic E-state index is 16.4. The van der Waals surface area contributed by atoms with Crippen LogP contribution >= 0.6 is 0 Å². The van der Waals surface area contributed by atoms with E-state index in [1.165, 1.54) is 11.0 Å². The third kappa shape index (κ3) is 6.48. The average molecular weight is 619 g/mol. The molecular weight excluding hydrogens is 583 g/mol. The van der Waals surface area contributed by atoms with E-state index in [0.29, 0.717) is 16.4 Å². The first kappa shape index (κ1) is 30.4. The Morgan fingerprint density at radius 1 is 1.16 bits per heavy atom. The van der Waals surface area contributed by atoms with Gasteiger partial charge in [0.1, 0.15) is 30.2 Å². The number of carbonyl (C=O) groups is 3. The van der Waals surface area contributed by atoms with Gasteiger partial charge in [-0.05, 0) is 45.1 Å². The molecule has 3 aliphatic rings. The number of halogens is 1. The van der Waals surface area contributed by atoms with Gasteiger partial charge in [-0.15, -0.1) is 0 Å². The molecule has 0 spiro atoms. The number of benzene rings is 2. The Morgan fingerprint density at radius 2 is 1.86 bits per heavy atom. The van der Waals surface area contributed by atoms with E-state index in [1.54, 1.807) is 51.1 Å². The van der Waals surface area contributed by atoms with Crippen molar-refractivity contribution in [2.45, 2.75) is 64.7 Å². The van der Waals surface area contributed by atoms with Crippen molar-refractivity contribution in [3.8, 4) is 5.75 Å². The second-order valence-electron chi connectivity index (χ2n) is 12.0. The molecule has 2 heterocycles. The van der Waals surface area contributed by atoms with Gasteiger partial charge in [0.25, 0.3) is 5.91 Å². The fourth-order valence-electron chi connectivity index (χ4n) is 5.50. The van der Waals surface area contributed by atoms with E-state index in [-0.39, 0.29) is 42.5 Å². The molecule has 232 valence electrons. The second kappa shape index (κ2) is 11.5. The summed E-state index contributed by atoms with van der Waals surface area (Å²) in [6.07, 6.45) is 0.802. The maximum absolute atomic E-state index is 16.4. The molecule has 2 aromatic carbocycles. The summed E-state index contributed by atoms with van der Waals surface area (Å²) in [4.78, 5) is 40.3. The average Bonchev–Trinajstić information content (AvgIpc) is 3.38. The Hall–Kier alpha value is -4.07. The second-order valence-corrected chi connectivity index (χ2v) is 13.6. The highest BCUT2D eigenvalue weighted by Crippen LogP contribution is 2.46. The summed E-state index contributed by atoms with van der Waals surface area (Å²) in [5.74, 6) is -1.85. The van der Waals surface area contributed by atoms with Gasteiger partial charge in [0, 0.05) is 31.1 Å². The topological polar surface area (TPSA) is 146 Å². The van der Waals surface area contributed by atoms with Crippen LogP contribution in [0.5, 0.6) is 5.75 Å². The molecule has 2 N–H and O–H groups in total. The van der Waals surface area contributed by atoms with Crippen LogP contribution < -0.4 is 18.7 Å². The van der Waals surface area contributed by atoms with E-state index in [1.807, 2.05) is 4.72 Å². The lowest BCUT2D eigenvalue weighted by Gasteiger charge is -2.36. The normalized spacial score (nSPS) is 19.4. The summed E-state index contributed by atoms with van der Waals surface area (Å²) in [6.45, 7) is 4.77. The molecule has 14 heteroatoms. The molecule has 1 aliphatic carbocycles. The third-order valence-corrected chi connectivity index (χ3v) is 9.02. The first-order chi connectivity index (χ1) is 20.2. The van der Waals surface area contributed by atoms with Crippen LogP contribution in [0, 0.1) is 11.7 Å². The minimum atomic E-state index is -4.42. The molecule has 0 bridgehead atoms. The lowest BCUT2D eigenvalue weighted by molar-refractivity contribution is -0.117. The van der Waals surface area contributed by atoms with Crippen molar-refractivity contribution in [1.29, 1.82) is 0 Å². The zero-order valence-electron chi connectivity index (χ0n) is 24.2. The number of amides is 3. The van der Waals surface area contributed by atoms with E-state index in [9.17, 15) is 27.9 Å². The summed E-state index contributed by atoms with van der Waals surface area (Å²) < 4.78 is 55.9. The van der Waals surface area contributed by atoms with Crippen molar-refractivity contribution in [3.63, 3.8) is 0 Å². The van der Waals surface area contributed by atoms with Crippen LogP contribution in [-0.2, 0) is 32.8 Å². The van der Waals surface area contributed by atoms with Crippen molar-refractivity contribution in [3.05, 3.63) is 53.3 Å². The molecule has 1 atom stereocenters. The van der Waals surface area contributed by atoms with Crippen molar-refractivity contribution < 1.29 is 41.8 Å². The smallest absolute Gasteiger partial charge is 0.412 e. The molecule has 0 unspecified atom stereocenters. The van der Waals surface area contributed by atoms with Gasteiger partial charge in [0.15, 0.2) is 5.82 Å². The van der Waals surface area contributed by atoms with E-state index in [0.717, 1.165) is 24.2 Å².